The van der Waals surface area contributed by atoms with Crippen LogP contribution in [0.1, 0.15) is 18.4 Å². The Balaban J connectivity index is 1.48. The van der Waals surface area contributed by atoms with Crippen LogP contribution in [0.15, 0.2) is 67.1 Å². The highest BCUT2D eigenvalue weighted by molar-refractivity contribution is 6.02. The van der Waals surface area contributed by atoms with E-state index in [0.29, 0.717) is 5.69 Å². The van der Waals surface area contributed by atoms with Gasteiger partial charge in [-0.3, -0.25) is 24.3 Å². The molecule has 0 bridgehead atoms. The maximum Gasteiger partial charge on any atom is 0.244 e. The van der Waals surface area contributed by atoms with E-state index >= 15 is 0 Å². The maximum atomic E-state index is 12.3. The number of imide groups is 1. The lowest BCUT2D eigenvalue weighted by Gasteiger charge is -2.13. The summed E-state index contributed by atoms with van der Waals surface area (Å²) in [6.07, 6.45) is 8.86. The number of pyridine rings is 1. The molecular formula is C23H21N5O3. The zero-order valence-corrected chi connectivity index (χ0v) is 16.8. The van der Waals surface area contributed by atoms with Gasteiger partial charge in [0.25, 0.3) is 0 Å². The molecule has 0 aliphatic carbocycles. The minimum Gasteiger partial charge on any atom is -0.351 e. The molecule has 1 aliphatic heterocycles. The Morgan fingerprint density at radius 1 is 1.06 bits per heavy atom. The fraction of sp³-hybridized carbons (Fsp3) is 0.174. The van der Waals surface area contributed by atoms with Gasteiger partial charge >= 0.3 is 0 Å². The van der Waals surface area contributed by atoms with Crippen molar-refractivity contribution < 1.29 is 14.4 Å². The average molecular weight is 415 g/mol. The Hall–Kier alpha value is -4.07. The second-order valence-corrected chi connectivity index (χ2v) is 7.02. The first kappa shape index (κ1) is 20.2. The molecule has 3 heterocycles. The molecule has 0 radical (unpaired) electrons. The molecule has 31 heavy (non-hydrogen) atoms. The van der Waals surface area contributed by atoms with Gasteiger partial charge in [-0.05, 0) is 30.3 Å². The Labute approximate surface area is 179 Å². The molecule has 1 fully saturated rings. The van der Waals surface area contributed by atoms with Crippen molar-refractivity contribution in [3.63, 3.8) is 0 Å². The molecule has 3 aromatic rings. The highest BCUT2D eigenvalue weighted by atomic mass is 16.2. The lowest BCUT2D eigenvalue weighted by molar-refractivity contribution is -0.138. The first-order valence-electron chi connectivity index (χ1n) is 9.96. The highest BCUT2D eigenvalue weighted by Gasteiger charge is 2.28. The van der Waals surface area contributed by atoms with Gasteiger partial charge in [0.15, 0.2) is 0 Å². The maximum absolute atomic E-state index is 12.3. The molecule has 0 spiro atoms. The largest absolute Gasteiger partial charge is 0.351 e. The van der Waals surface area contributed by atoms with E-state index in [1.54, 1.807) is 23.2 Å². The number of hydrogen-bond donors (Lipinski definition) is 1. The molecule has 0 saturated carbocycles. The summed E-state index contributed by atoms with van der Waals surface area (Å²) in [6.45, 7) is 0.392. The number of benzene rings is 1. The van der Waals surface area contributed by atoms with E-state index in [9.17, 15) is 14.4 Å². The Morgan fingerprint density at radius 2 is 1.84 bits per heavy atom. The smallest absolute Gasteiger partial charge is 0.244 e. The molecule has 1 N–H and O–H groups in total. The van der Waals surface area contributed by atoms with Gasteiger partial charge < -0.3 is 5.32 Å². The highest BCUT2D eigenvalue weighted by Crippen LogP contribution is 2.24. The molecular weight excluding hydrogens is 394 g/mol. The van der Waals surface area contributed by atoms with Crippen molar-refractivity contribution in [3.05, 3.63) is 72.7 Å². The Bertz CT molecular complexity index is 1110. The van der Waals surface area contributed by atoms with Gasteiger partial charge in [-0.2, -0.15) is 5.10 Å². The van der Waals surface area contributed by atoms with Crippen LogP contribution in [0.4, 0.5) is 0 Å². The lowest BCUT2D eigenvalue weighted by atomic mass is 10.1. The van der Waals surface area contributed by atoms with Gasteiger partial charge in [-0.25, -0.2) is 4.68 Å². The number of carbonyl (C=O) groups is 3. The van der Waals surface area contributed by atoms with E-state index < -0.39 is 0 Å². The first-order chi connectivity index (χ1) is 15.1. The van der Waals surface area contributed by atoms with Crippen LogP contribution in [-0.2, 0) is 14.4 Å². The van der Waals surface area contributed by atoms with Crippen molar-refractivity contribution in [3.8, 4) is 16.9 Å². The van der Waals surface area contributed by atoms with Gasteiger partial charge in [-0.15, -0.1) is 0 Å². The van der Waals surface area contributed by atoms with Gasteiger partial charge in [0.2, 0.25) is 17.7 Å². The SMILES string of the molecule is O=C(C=Cc1cn(-c2ccccc2)nc1-c1cccnc1)NCCN1C(=O)CCC1=O. The van der Waals surface area contributed by atoms with Crippen molar-refractivity contribution in [1.82, 2.24) is 25.0 Å². The number of amides is 3. The summed E-state index contributed by atoms with van der Waals surface area (Å²) in [4.78, 5) is 40.9. The second kappa shape index (κ2) is 9.17. The van der Waals surface area contributed by atoms with Crippen LogP contribution in [0.2, 0.25) is 0 Å². The fourth-order valence-electron chi connectivity index (χ4n) is 3.34. The monoisotopic (exact) mass is 415 g/mol. The molecule has 2 aromatic heterocycles. The summed E-state index contributed by atoms with van der Waals surface area (Å²) in [6, 6.07) is 13.4. The van der Waals surface area contributed by atoms with Crippen molar-refractivity contribution >= 4 is 23.8 Å². The molecule has 1 aromatic carbocycles. The summed E-state index contributed by atoms with van der Waals surface area (Å²) in [7, 11) is 0. The third-order valence-corrected chi connectivity index (χ3v) is 4.90. The fourth-order valence-corrected chi connectivity index (χ4v) is 3.34. The van der Waals surface area contributed by atoms with Crippen molar-refractivity contribution in [1.29, 1.82) is 0 Å². The summed E-state index contributed by atoms with van der Waals surface area (Å²) in [5.41, 5.74) is 3.20. The molecule has 156 valence electrons. The lowest BCUT2D eigenvalue weighted by Crippen LogP contribution is -2.37. The molecule has 1 saturated heterocycles. The summed E-state index contributed by atoms with van der Waals surface area (Å²) < 4.78 is 1.75. The van der Waals surface area contributed by atoms with E-state index in [4.69, 9.17) is 0 Å². The van der Waals surface area contributed by atoms with Gasteiger partial charge in [0.05, 0.1) is 5.69 Å². The van der Waals surface area contributed by atoms with Gasteiger partial charge in [0.1, 0.15) is 5.69 Å². The second-order valence-electron chi connectivity index (χ2n) is 7.02. The Kier molecular flexibility index (Phi) is 5.98. The van der Waals surface area contributed by atoms with Crippen LogP contribution < -0.4 is 5.32 Å². The Morgan fingerprint density at radius 3 is 2.55 bits per heavy atom. The molecule has 1 aliphatic rings. The molecule has 3 amide bonds. The third kappa shape index (κ3) is 4.75. The predicted molar refractivity (Wildman–Crippen MR) is 115 cm³/mol. The van der Waals surface area contributed by atoms with E-state index in [-0.39, 0.29) is 43.7 Å². The molecule has 8 heteroatoms. The third-order valence-electron chi connectivity index (χ3n) is 4.90. The molecule has 8 nitrogen and oxygen atoms in total. The number of hydrogen-bond acceptors (Lipinski definition) is 5. The first-order valence-corrected chi connectivity index (χ1v) is 9.96. The van der Waals surface area contributed by atoms with Crippen LogP contribution in [-0.4, -0.2) is 50.5 Å². The van der Waals surface area contributed by atoms with E-state index in [1.807, 2.05) is 48.7 Å². The van der Waals surface area contributed by atoms with Crippen molar-refractivity contribution in [2.75, 3.05) is 13.1 Å². The van der Waals surface area contributed by atoms with Gasteiger partial charge in [0, 0.05) is 61.7 Å². The number of nitrogens with zero attached hydrogens (tertiary/aromatic N) is 4. The predicted octanol–water partition coefficient (Wildman–Crippen LogP) is 2.21. The van der Waals surface area contributed by atoms with Crippen molar-refractivity contribution in [2.45, 2.75) is 12.8 Å². The van der Waals surface area contributed by atoms with Crippen LogP contribution in [0.3, 0.4) is 0 Å². The molecule has 4 rings (SSSR count). The number of aromatic nitrogens is 3. The minimum atomic E-state index is -0.316. The van der Waals surface area contributed by atoms with E-state index in [0.717, 1.165) is 16.8 Å². The van der Waals surface area contributed by atoms with Crippen LogP contribution in [0.25, 0.3) is 23.0 Å². The number of rotatable bonds is 7. The number of likely N-dealkylation sites (tertiary alicyclic amines) is 1. The normalized spacial score (nSPS) is 13.9. The standard InChI is InChI=1S/C23H21N5O3/c29-20(25-13-14-27-21(30)10-11-22(27)31)9-8-18-16-28(19-6-2-1-3-7-19)26-23(18)17-5-4-12-24-15-17/h1-9,12,15-16H,10-11,13-14H2,(H,25,29). The number of para-hydroxylation sites is 1. The number of carbonyl (C=O) groups excluding carboxylic acids is 3. The number of nitrogens with one attached hydrogen (secondary N) is 1. The quantitative estimate of drug-likeness (QED) is 0.471. The zero-order chi connectivity index (χ0) is 21.6. The molecule has 0 atom stereocenters. The molecule has 0 unspecified atom stereocenters. The topological polar surface area (TPSA) is 97.2 Å². The van der Waals surface area contributed by atoms with Crippen LogP contribution in [0.5, 0.6) is 0 Å². The minimum absolute atomic E-state index is 0.185. The van der Waals surface area contributed by atoms with E-state index in [2.05, 4.69) is 15.4 Å². The van der Waals surface area contributed by atoms with Crippen molar-refractivity contribution in [2.24, 2.45) is 0 Å². The van der Waals surface area contributed by atoms with E-state index in [1.165, 1.54) is 11.0 Å². The summed E-state index contributed by atoms with van der Waals surface area (Å²) >= 11 is 0. The average Bonchev–Trinajstić information content (AvgIpc) is 3.37. The van der Waals surface area contributed by atoms with Crippen LogP contribution in [0, 0.1) is 0 Å². The summed E-state index contributed by atoms with van der Waals surface area (Å²) in [5.74, 6) is -0.697. The summed E-state index contributed by atoms with van der Waals surface area (Å²) in [5, 5.41) is 7.38. The van der Waals surface area contributed by atoms with Crippen LogP contribution >= 0.6 is 0 Å². The zero-order valence-electron chi connectivity index (χ0n) is 16.8. The van der Waals surface area contributed by atoms with Gasteiger partial charge in [-0.1, -0.05) is 18.2 Å².